The van der Waals surface area contributed by atoms with Crippen molar-refractivity contribution in [2.75, 3.05) is 0 Å². The van der Waals surface area contributed by atoms with E-state index in [4.69, 9.17) is 25.8 Å². The molecule has 0 N–H and O–H groups in total. The summed E-state index contributed by atoms with van der Waals surface area (Å²) in [5.74, 6) is -0.965. The first-order chi connectivity index (χ1) is 11.8. The van der Waals surface area contributed by atoms with Gasteiger partial charge < -0.3 is 14.2 Å². The summed E-state index contributed by atoms with van der Waals surface area (Å²) in [6.45, 7) is 4.36. The summed E-state index contributed by atoms with van der Waals surface area (Å²) < 4.78 is 18.9. The largest absolute Gasteiger partial charge is 0.456 e. The minimum Gasteiger partial charge on any atom is -0.456 e. The van der Waals surface area contributed by atoms with Crippen LogP contribution in [-0.2, 0) is 23.8 Å². The van der Waals surface area contributed by atoms with Gasteiger partial charge >= 0.3 is 11.9 Å². The smallest absolute Gasteiger partial charge is 0.303 e. The summed E-state index contributed by atoms with van der Waals surface area (Å²) in [5.41, 5.74) is 1.40. The van der Waals surface area contributed by atoms with Gasteiger partial charge in [0, 0.05) is 18.9 Å². The van der Waals surface area contributed by atoms with Crippen molar-refractivity contribution < 1.29 is 23.8 Å². The van der Waals surface area contributed by atoms with Crippen LogP contribution in [0.15, 0.2) is 22.9 Å². The van der Waals surface area contributed by atoms with Gasteiger partial charge in [0.1, 0.15) is 0 Å². The Morgan fingerprint density at radius 1 is 1.24 bits per heavy atom. The Balaban J connectivity index is 2.06. The number of benzene rings is 1. The number of hydrogen-bond acceptors (Lipinski definition) is 6. The number of ether oxygens (including phenoxy) is 3. The summed E-state index contributed by atoms with van der Waals surface area (Å²) in [5, 5.41) is 0.555. The minimum atomic E-state index is -0.805. The van der Waals surface area contributed by atoms with Crippen LogP contribution in [0.3, 0.4) is 0 Å². The van der Waals surface area contributed by atoms with E-state index in [1.165, 1.54) is 13.8 Å². The predicted molar refractivity (Wildman–Crippen MR) is 93.1 cm³/mol. The molecule has 7 nitrogen and oxygen atoms in total. The number of fused-ring (bicyclic) bond motifs is 1. The van der Waals surface area contributed by atoms with Crippen molar-refractivity contribution >= 4 is 50.5 Å². The zero-order chi connectivity index (χ0) is 18.3. The van der Waals surface area contributed by atoms with Crippen LogP contribution in [0.4, 0.5) is 0 Å². The lowest BCUT2D eigenvalue weighted by Crippen LogP contribution is -2.38. The Hall–Kier alpha value is -1.64. The standard InChI is InChI=1S/C16H16BrClN2O5/c1-7-13(24-8(2)21)14(25-9(3)22)15(23-7)20-12-5-4-10(18)6-11(12)19-16(20)17/h4-7,13-15H,1-3H3/t7-,13-,14-,15-/m1/s1. The monoisotopic (exact) mass is 430 g/mol. The molecule has 0 radical (unpaired) electrons. The maximum atomic E-state index is 11.6. The van der Waals surface area contributed by atoms with Crippen molar-refractivity contribution in [1.29, 1.82) is 0 Å². The van der Waals surface area contributed by atoms with Crippen molar-refractivity contribution in [2.45, 2.75) is 45.3 Å². The normalized spacial score (nSPS) is 26.0. The maximum Gasteiger partial charge on any atom is 0.303 e. The summed E-state index contributed by atoms with van der Waals surface area (Å²) >= 11 is 9.43. The topological polar surface area (TPSA) is 79.6 Å². The van der Waals surface area contributed by atoms with E-state index in [1.807, 2.05) is 0 Å². The highest BCUT2D eigenvalue weighted by atomic mass is 79.9. The van der Waals surface area contributed by atoms with Crippen LogP contribution >= 0.6 is 27.5 Å². The molecule has 1 aromatic heterocycles. The van der Waals surface area contributed by atoms with Crippen molar-refractivity contribution in [3.05, 3.63) is 28.0 Å². The lowest BCUT2D eigenvalue weighted by Gasteiger charge is -2.24. The Morgan fingerprint density at radius 3 is 2.52 bits per heavy atom. The minimum absolute atomic E-state index is 0.463. The van der Waals surface area contributed by atoms with Crippen LogP contribution in [0.2, 0.25) is 5.02 Å². The lowest BCUT2D eigenvalue weighted by molar-refractivity contribution is -0.165. The number of hydrogen-bond donors (Lipinski definition) is 0. The number of rotatable bonds is 3. The maximum absolute atomic E-state index is 11.6. The van der Waals surface area contributed by atoms with Crippen LogP contribution in [0, 0.1) is 0 Å². The number of carbonyl (C=O) groups is 2. The predicted octanol–water partition coefficient (Wildman–Crippen LogP) is 3.23. The van der Waals surface area contributed by atoms with E-state index < -0.39 is 36.5 Å². The lowest BCUT2D eigenvalue weighted by atomic mass is 10.1. The molecule has 1 aromatic carbocycles. The molecule has 25 heavy (non-hydrogen) atoms. The Kier molecular flexibility index (Phi) is 5.04. The summed E-state index contributed by atoms with van der Waals surface area (Å²) in [6.07, 6.45) is -2.69. The average molecular weight is 432 g/mol. The van der Waals surface area contributed by atoms with Crippen LogP contribution < -0.4 is 0 Å². The van der Waals surface area contributed by atoms with E-state index >= 15 is 0 Å². The molecule has 1 fully saturated rings. The molecule has 9 heteroatoms. The first-order valence-corrected chi connectivity index (χ1v) is 8.78. The van der Waals surface area contributed by atoms with E-state index in [9.17, 15) is 9.59 Å². The average Bonchev–Trinajstić information content (AvgIpc) is 2.96. The molecule has 0 aliphatic carbocycles. The van der Waals surface area contributed by atoms with Crippen molar-refractivity contribution in [2.24, 2.45) is 0 Å². The highest BCUT2D eigenvalue weighted by Crippen LogP contribution is 2.38. The van der Waals surface area contributed by atoms with Gasteiger partial charge in [0.25, 0.3) is 0 Å². The van der Waals surface area contributed by atoms with Gasteiger partial charge in [-0.25, -0.2) is 4.98 Å². The molecule has 0 saturated carbocycles. The molecule has 1 saturated heterocycles. The number of carbonyl (C=O) groups excluding carboxylic acids is 2. The van der Waals surface area contributed by atoms with Crippen molar-refractivity contribution in [3.8, 4) is 0 Å². The Bertz CT molecular complexity index is 839. The third-order valence-corrected chi connectivity index (χ3v) is 4.68. The van der Waals surface area contributed by atoms with Crippen LogP contribution in [0.1, 0.15) is 27.0 Å². The number of aromatic nitrogens is 2. The molecule has 2 heterocycles. The van der Waals surface area contributed by atoms with Gasteiger partial charge in [0.05, 0.1) is 17.1 Å². The van der Waals surface area contributed by atoms with Crippen molar-refractivity contribution in [3.63, 3.8) is 0 Å². The summed E-state index contributed by atoms with van der Waals surface area (Å²) in [7, 11) is 0. The summed E-state index contributed by atoms with van der Waals surface area (Å²) in [4.78, 5) is 27.4. The van der Waals surface area contributed by atoms with Gasteiger partial charge in [-0.2, -0.15) is 0 Å². The number of imidazole rings is 1. The highest BCUT2D eigenvalue weighted by molar-refractivity contribution is 9.10. The second-order valence-electron chi connectivity index (χ2n) is 5.76. The number of esters is 2. The fourth-order valence-electron chi connectivity index (χ4n) is 2.97. The first kappa shape index (κ1) is 18.2. The second kappa shape index (κ2) is 6.93. The van der Waals surface area contributed by atoms with Gasteiger partial charge in [-0.1, -0.05) is 11.6 Å². The van der Waals surface area contributed by atoms with Crippen LogP contribution in [0.5, 0.6) is 0 Å². The van der Waals surface area contributed by atoms with Crippen LogP contribution in [-0.4, -0.2) is 39.8 Å². The third-order valence-electron chi connectivity index (χ3n) is 3.89. The van der Waals surface area contributed by atoms with Crippen LogP contribution in [0.25, 0.3) is 11.0 Å². The molecule has 0 spiro atoms. The quantitative estimate of drug-likeness (QED) is 0.694. The summed E-state index contributed by atoms with van der Waals surface area (Å²) in [6, 6.07) is 5.26. The SMILES string of the molecule is CC(=O)O[C@@H]1[C@H](OC(C)=O)[C@@H](C)O[C@H]1n1c(Br)nc2cc(Cl)ccc21. The fourth-order valence-corrected chi connectivity index (χ4v) is 3.72. The van der Waals surface area contributed by atoms with E-state index in [2.05, 4.69) is 20.9 Å². The van der Waals surface area contributed by atoms with Gasteiger partial charge in [-0.3, -0.25) is 14.2 Å². The molecular weight excluding hydrogens is 416 g/mol. The fraction of sp³-hybridized carbons (Fsp3) is 0.438. The van der Waals surface area contributed by atoms with E-state index in [0.29, 0.717) is 15.3 Å². The highest BCUT2D eigenvalue weighted by Gasteiger charge is 2.49. The van der Waals surface area contributed by atoms with E-state index in [0.717, 1.165) is 5.52 Å². The zero-order valence-electron chi connectivity index (χ0n) is 13.7. The second-order valence-corrected chi connectivity index (χ2v) is 6.91. The molecule has 3 rings (SSSR count). The van der Waals surface area contributed by atoms with E-state index in [1.54, 1.807) is 29.7 Å². The molecule has 0 bridgehead atoms. The molecule has 4 atom stereocenters. The first-order valence-electron chi connectivity index (χ1n) is 7.61. The van der Waals surface area contributed by atoms with Gasteiger partial charge in [0.15, 0.2) is 23.2 Å². The molecule has 1 aliphatic heterocycles. The number of nitrogens with zero attached hydrogens (tertiary/aromatic N) is 2. The van der Waals surface area contributed by atoms with Crippen molar-refractivity contribution in [1.82, 2.24) is 9.55 Å². The molecule has 2 aromatic rings. The third kappa shape index (κ3) is 3.51. The molecule has 0 unspecified atom stereocenters. The Labute approximate surface area is 157 Å². The molecule has 1 aliphatic rings. The Morgan fingerprint density at radius 2 is 1.88 bits per heavy atom. The van der Waals surface area contributed by atoms with Gasteiger partial charge in [0.2, 0.25) is 0 Å². The molecule has 0 amide bonds. The zero-order valence-corrected chi connectivity index (χ0v) is 16.1. The molecule has 134 valence electrons. The van der Waals surface area contributed by atoms with Gasteiger partial charge in [-0.05, 0) is 41.1 Å². The number of halogens is 2. The molecular formula is C16H16BrClN2O5. The van der Waals surface area contributed by atoms with E-state index in [-0.39, 0.29) is 0 Å². The van der Waals surface area contributed by atoms with Gasteiger partial charge in [-0.15, -0.1) is 0 Å².